The minimum atomic E-state index is -1.03. The van der Waals surface area contributed by atoms with E-state index in [1.165, 1.54) is 36.6 Å². The van der Waals surface area contributed by atoms with Crippen LogP contribution in [0.5, 0.6) is 0 Å². The van der Waals surface area contributed by atoms with E-state index >= 15 is 0 Å². The highest BCUT2D eigenvalue weighted by Gasteiger charge is 2.10. The lowest BCUT2D eigenvalue weighted by Crippen LogP contribution is -2.37. The van der Waals surface area contributed by atoms with Gasteiger partial charge in [0.2, 0.25) is 0 Å². The number of aromatic carboxylic acids is 1. The molecule has 0 spiro atoms. The van der Waals surface area contributed by atoms with Gasteiger partial charge >= 0.3 is 17.8 Å². The molecule has 0 aromatic heterocycles. The number of nitrogens with one attached hydrogen (secondary N) is 2. The van der Waals surface area contributed by atoms with Crippen LogP contribution in [0.2, 0.25) is 0 Å². The third-order valence-electron chi connectivity index (χ3n) is 2.15. The summed E-state index contributed by atoms with van der Waals surface area (Å²) in [6.45, 7) is 3.58. The molecule has 1 aromatic rings. The van der Waals surface area contributed by atoms with Crippen LogP contribution in [0.4, 0.5) is 0 Å². The first kappa shape index (κ1) is 15.1. The molecule has 0 saturated carbocycles. The Morgan fingerprint density at radius 1 is 1.20 bits per heavy atom. The van der Waals surface area contributed by atoms with Crippen molar-refractivity contribution in [1.82, 2.24) is 10.7 Å². The summed E-state index contributed by atoms with van der Waals surface area (Å²) in [5.74, 6) is -2.74. The molecular formula is C13H13N3O4. The first-order valence-electron chi connectivity index (χ1n) is 5.60. The largest absolute Gasteiger partial charge is 0.478 e. The Kier molecular flexibility index (Phi) is 5.64. The van der Waals surface area contributed by atoms with Gasteiger partial charge in [-0.25, -0.2) is 10.2 Å². The molecule has 0 aliphatic rings. The minimum Gasteiger partial charge on any atom is -0.478 e. The van der Waals surface area contributed by atoms with Gasteiger partial charge in [0.25, 0.3) is 0 Å². The van der Waals surface area contributed by atoms with Crippen molar-refractivity contribution in [3.8, 4) is 0 Å². The summed E-state index contributed by atoms with van der Waals surface area (Å²) in [4.78, 5) is 33.0. The van der Waals surface area contributed by atoms with Crippen LogP contribution < -0.4 is 10.7 Å². The fourth-order valence-electron chi connectivity index (χ4n) is 1.17. The van der Waals surface area contributed by atoms with Crippen LogP contribution >= 0.6 is 0 Å². The van der Waals surface area contributed by atoms with E-state index in [0.717, 1.165) is 0 Å². The maximum absolute atomic E-state index is 11.2. The lowest BCUT2D eigenvalue weighted by atomic mass is 10.1. The quantitative estimate of drug-likeness (QED) is 0.307. The van der Waals surface area contributed by atoms with Gasteiger partial charge in [0.05, 0.1) is 11.8 Å². The van der Waals surface area contributed by atoms with Gasteiger partial charge in [-0.3, -0.25) is 9.59 Å². The molecule has 7 heteroatoms. The number of carboxylic acid groups (broad SMARTS) is 1. The normalized spacial score (nSPS) is 10.0. The highest BCUT2D eigenvalue weighted by atomic mass is 16.4. The Labute approximate surface area is 115 Å². The van der Waals surface area contributed by atoms with Crippen molar-refractivity contribution in [3.05, 3.63) is 48.0 Å². The van der Waals surface area contributed by atoms with Crippen molar-refractivity contribution in [3.63, 3.8) is 0 Å². The summed E-state index contributed by atoms with van der Waals surface area (Å²) in [7, 11) is 0. The molecule has 0 aliphatic carbocycles. The Hall–Kier alpha value is -2.96. The number of nitrogens with zero attached hydrogens (tertiary/aromatic N) is 1. The van der Waals surface area contributed by atoms with E-state index in [1.807, 2.05) is 5.43 Å². The second kappa shape index (κ2) is 7.47. The van der Waals surface area contributed by atoms with Gasteiger partial charge in [0.1, 0.15) is 0 Å². The molecule has 2 amide bonds. The number of amides is 2. The monoisotopic (exact) mass is 275 g/mol. The lowest BCUT2D eigenvalue weighted by Gasteiger charge is -2.00. The number of hydrazone groups is 1. The van der Waals surface area contributed by atoms with Crippen molar-refractivity contribution in [1.29, 1.82) is 0 Å². The minimum absolute atomic E-state index is 0.148. The highest BCUT2D eigenvalue weighted by molar-refractivity contribution is 6.35. The smallest absolute Gasteiger partial charge is 0.335 e. The molecule has 0 aliphatic heterocycles. The van der Waals surface area contributed by atoms with Crippen LogP contribution in [0.1, 0.15) is 15.9 Å². The predicted molar refractivity (Wildman–Crippen MR) is 72.3 cm³/mol. The highest BCUT2D eigenvalue weighted by Crippen LogP contribution is 2.01. The summed E-state index contributed by atoms with van der Waals surface area (Å²) >= 11 is 0. The van der Waals surface area contributed by atoms with Crippen LogP contribution in [0.25, 0.3) is 0 Å². The molecule has 7 nitrogen and oxygen atoms in total. The molecule has 1 rings (SSSR count). The number of rotatable bonds is 5. The van der Waals surface area contributed by atoms with E-state index in [9.17, 15) is 14.4 Å². The Morgan fingerprint density at radius 3 is 2.40 bits per heavy atom. The van der Waals surface area contributed by atoms with E-state index in [2.05, 4.69) is 17.0 Å². The zero-order valence-electron chi connectivity index (χ0n) is 10.5. The molecular weight excluding hydrogens is 262 g/mol. The van der Waals surface area contributed by atoms with Crippen molar-refractivity contribution in [2.24, 2.45) is 5.10 Å². The Bertz CT molecular complexity index is 549. The van der Waals surface area contributed by atoms with E-state index in [-0.39, 0.29) is 12.1 Å². The molecule has 0 bridgehead atoms. The number of carboxylic acids is 1. The summed E-state index contributed by atoms with van der Waals surface area (Å²) < 4.78 is 0. The fourth-order valence-corrected chi connectivity index (χ4v) is 1.17. The maximum Gasteiger partial charge on any atom is 0.335 e. The summed E-state index contributed by atoms with van der Waals surface area (Å²) in [6, 6.07) is 5.86. The van der Waals surface area contributed by atoms with E-state index < -0.39 is 17.8 Å². The Morgan fingerprint density at radius 2 is 1.85 bits per heavy atom. The van der Waals surface area contributed by atoms with Crippen LogP contribution in [-0.4, -0.2) is 35.6 Å². The standard InChI is InChI=1S/C13H13N3O4/c1-2-7-14-11(17)12(18)16-15-8-9-3-5-10(6-4-9)13(19)20/h2-6,8H,1,7H2,(H,14,17)(H,16,18)(H,19,20)/b15-8-. The molecule has 0 fully saturated rings. The van der Waals surface area contributed by atoms with Crippen molar-refractivity contribution >= 4 is 24.0 Å². The molecule has 1 aromatic carbocycles. The van der Waals surface area contributed by atoms with Gasteiger partial charge in [0, 0.05) is 6.54 Å². The molecule has 0 unspecified atom stereocenters. The summed E-state index contributed by atoms with van der Waals surface area (Å²) in [5.41, 5.74) is 2.78. The van der Waals surface area contributed by atoms with Gasteiger partial charge in [-0.15, -0.1) is 6.58 Å². The zero-order valence-corrected chi connectivity index (χ0v) is 10.5. The van der Waals surface area contributed by atoms with Gasteiger partial charge in [-0.1, -0.05) is 18.2 Å². The lowest BCUT2D eigenvalue weighted by molar-refractivity contribution is -0.139. The van der Waals surface area contributed by atoms with Gasteiger partial charge in [-0.05, 0) is 17.7 Å². The van der Waals surface area contributed by atoms with E-state index in [1.54, 1.807) is 0 Å². The van der Waals surface area contributed by atoms with Gasteiger partial charge < -0.3 is 10.4 Å². The molecule has 3 N–H and O–H groups in total. The number of carbonyl (C=O) groups is 3. The first-order chi connectivity index (χ1) is 9.54. The molecule has 0 saturated heterocycles. The van der Waals surface area contributed by atoms with Crippen molar-refractivity contribution < 1.29 is 19.5 Å². The van der Waals surface area contributed by atoms with E-state index in [0.29, 0.717) is 5.56 Å². The van der Waals surface area contributed by atoms with E-state index in [4.69, 9.17) is 5.11 Å². The van der Waals surface area contributed by atoms with Gasteiger partial charge in [0.15, 0.2) is 0 Å². The maximum atomic E-state index is 11.2. The van der Waals surface area contributed by atoms with Gasteiger partial charge in [-0.2, -0.15) is 5.10 Å². The topological polar surface area (TPSA) is 108 Å². The zero-order chi connectivity index (χ0) is 15.0. The Balaban J connectivity index is 2.52. The van der Waals surface area contributed by atoms with Crippen molar-refractivity contribution in [2.75, 3.05) is 6.54 Å². The number of carbonyl (C=O) groups excluding carboxylic acids is 2. The van der Waals surface area contributed by atoms with Crippen LogP contribution in [0.3, 0.4) is 0 Å². The number of hydrogen-bond donors (Lipinski definition) is 3. The molecule has 0 atom stereocenters. The second-order valence-electron chi connectivity index (χ2n) is 3.62. The predicted octanol–water partition coefficient (Wildman–Crippen LogP) is 0.137. The SMILES string of the molecule is C=CCNC(=O)C(=O)N/N=C\c1ccc(C(=O)O)cc1. The third kappa shape index (κ3) is 4.73. The summed E-state index contributed by atoms with van der Waals surface area (Å²) in [6.07, 6.45) is 2.74. The van der Waals surface area contributed by atoms with Crippen LogP contribution in [-0.2, 0) is 9.59 Å². The molecule has 0 radical (unpaired) electrons. The molecule has 20 heavy (non-hydrogen) atoms. The first-order valence-corrected chi connectivity index (χ1v) is 5.60. The van der Waals surface area contributed by atoms with Crippen LogP contribution in [0, 0.1) is 0 Å². The molecule has 0 heterocycles. The van der Waals surface area contributed by atoms with Crippen LogP contribution in [0.15, 0.2) is 42.0 Å². The average molecular weight is 275 g/mol. The number of benzene rings is 1. The fraction of sp³-hybridized carbons (Fsp3) is 0.0769. The molecule has 104 valence electrons. The summed E-state index contributed by atoms with van der Waals surface area (Å²) in [5, 5.41) is 14.6. The second-order valence-corrected chi connectivity index (χ2v) is 3.62. The number of hydrogen-bond acceptors (Lipinski definition) is 4. The average Bonchev–Trinajstić information content (AvgIpc) is 2.45. The third-order valence-corrected chi connectivity index (χ3v) is 2.15. The van der Waals surface area contributed by atoms with Crippen molar-refractivity contribution in [2.45, 2.75) is 0 Å².